The summed E-state index contributed by atoms with van der Waals surface area (Å²) in [5, 5.41) is 10.7. The quantitative estimate of drug-likeness (QED) is 0.269. The van der Waals surface area contributed by atoms with Gasteiger partial charge in [0.1, 0.15) is 0 Å². The molecular formula is C6H9NO3. The Balaban J connectivity index is 4.39. The summed E-state index contributed by atoms with van der Waals surface area (Å²) < 4.78 is 0. The SMILES string of the molecule is CCC(=O)/C(=N/O)C(C)=O. The Morgan fingerprint density at radius 3 is 2.10 bits per heavy atom. The average molecular weight is 143 g/mol. The van der Waals surface area contributed by atoms with Crippen molar-refractivity contribution in [1.82, 2.24) is 0 Å². The minimum absolute atomic E-state index is 0.180. The molecule has 0 bridgehead atoms. The van der Waals surface area contributed by atoms with Gasteiger partial charge in [0.25, 0.3) is 0 Å². The third-order valence-corrected chi connectivity index (χ3v) is 1.02. The molecule has 0 atom stereocenters. The van der Waals surface area contributed by atoms with Crippen molar-refractivity contribution in [3.8, 4) is 0 Å². The summed E-state index contributed by atoms with van der Waals surface area (Å²) in [5.41, 5.74) is -0.373. The van der Waals surface area contributed by atoms with E-state index in [2.05, 4.69) is 5.16 Å². The van der Waals surface area contributed by atoms with E-state index in [0.29, 0.717) is 0 Å². The van der Waals surface area contributed by atoms with Gasteiger partial charge in [0, 0.05) is 13.3 Å². The first-order valence-electron chi connectivity index (χ1n) is 2.89. The predicted octanol–water partition coefficient (Wildman–Crippen LogP) is 0.385. The maximum Gasteiger partial charge on any atom is 0.188 e. The summed E-state index contributed by atoms with van der Waals surface area (Å²) >= 11 is 0. The van der Waals surface area contributed by atoms with E-state index < -0.39 is 11.6 Å². The molecule has 4 nitrogen and oxygen atoms in total. The van der Waals surface area contributed by atoms with E-state index in [9.17, 15) is 9.59 Å². The van der Waals surface area contributed by atoms with Crippen LogP contribution in [0.25, 0.3) is 0 Å². The molecule has 0 aromatic heterocycles. The van der Waals surface area contributed by atoms with Crippen LogP contribution in [-0.4, -0.2) is 22.5 Å². The maximum atomic E-state index is 10.7. The number of nitrogens with zero attached hydrogens (tertiary/aromatic N) is 1. The lowest BCUT2D eigenvalue weighted by molar-refractivity contribution is -0.116. The van der Waals surface area contributed by atoms with Gasteiger partial charge in [0.05, 0.1) is 0 Å². The fraction of sp³-hybridized carbons (Fsp3) is 0.500. The molecule has 0 aliphatic heterocycles. The third kappa shape index (κ3) is 1.97. The lowest BCUT2D eigenvalue weighted by Gasteiger charge is -1.92. The highest BCUT2D eigenvalue weighted by molar-refractivity contribution is 6.65. The maximum absolute atomic E-state index is 10.7. The second-order valence-electron chi connectivity index (χ2n) is 1.78. The predicted molar refractivity (Wildman–Crippen MR) is 35.2 cm³/mol. The molecule has 0 heterocycles. The molecule has 0 aliphatic carbocycles. The second kappa shape index (κ2) is 3.76. The average Bonchev–Trinajstić information content (AvgIpc) is 1.88. The molecule has 0 aromatic rings. The van der Waals surface area contributed by atoms with Crippen molar-refractivity contribution < 1.29 is 14.8 Å². The van der Waals surface area contributed by atoms with Gasteiger partial charge in [-0.2, -0.15) is 0 Å². The van der Waals surface area contributed by atoms with Crippen molar-refractivity contribution in [3.05, 3.63) is 0 Å². The standard InChI is InChI=1S/C6H9NO3/c1-3-5(9)6(7-10)4(2)8/h10H,3H2,1-2H3/b7-6+. The van der Waals surface area contributed by atoms with Gasteiger partial charge in [-0.15, -0.1) is 0 Å². The highest BCUT2D eigenvalue weighted by atomic mass is 16.4. The number of carbonyl (C=O) groups excluding carboxylic acids is 2. The molecular weight excluding hydrogens is 134 g/mol. The van der Waals surface area contributed by atoms with Crippen molar-refractivity contribution in [2.24, 2.45) is 5.16 Å². The van der Waals surface area contributed by atoms with Gasteiger partial charge in [-0.1, -0.05) is 12.1 Å². The van der Waals surface area contributed by atoms with Gasteiger partial charge in [0.2, 0.25) is 0 Å². The monoisotopic (exact) mass is 143 g/mol. The van der Waals surface area contributed by atoms with Crippen LogP contribution in [0.4, 0.5) is 0 Å². The van der Waals surface area contributed by atoms with E-state index in [1.807, 2.05) is 0 Å². The zero-order chi connectivity index (χ0) is 8.15. The van der Waals surface area contributed by atoms with Crippen LogP contribution in [0, 0.1) is 0 Å². The lowest BCUT2D eigenvalue weighted by atomic mass is 10.1. The lowest BCUT2D eigenvalue weighted by Crippen LogP contribution is -2.20. The molecule has 0 rings (SSSR count). The van der Waals surface area contributed by atoms with Gasteiger partial charge < -0.3 is 5.21 Å². The molecule has 0 aliphatic rings. The normalized spacial score (nSPS) is 11.2. The number of hydrogen-bond donors (Lipinski definition) is 1. The molecule has 10 heavy (non-hydrogen) atoms. The Hall–Kier alpha value is -1.19. The van der Waals surface area contributed by atoms with Crippen molar-refractivity contribution >= 4 is 17.3 Å². The first-order chi connectivity index (χ1) is 4.63. The van der Waals surface area contributed by atoms with Gasteiger partial charge >= 0.3 is 0 Å². The van der Waals surface area contributed by atoms with Gasteiger partial charge in [-0.3, -0.25) is 9.59 Å². The van der Waals surface area contributed by atoms with E-state index in [-0.39, 0.29) is 12.1 Å². The van der Waals surface area contributed by atoms with E-state index in [1.165, 1.54) is 6.92 Å². The number of rotatable bonds is 3. The van der Waals surface area contributed by atoms with E-state index in [1.54, 1.807) is 6.92 Å². The molecule has 4 heteroatoms. The van der Waals surface area contributed by atoms with Gasteiger partial charge in [-0.05, 0) is 0 Å². The van der Waals surface area contributed by atoms with Crippen molar-refractivity contribution in [3.63, 3.8) is 0 Å². The summed E-state index contributed by atoms with van der Waals surface area (Å²) in [6, 6.07) is 0. The molecule has 0 radical (unpaired) electrons. The molecule has 0 aromatic carbocycles. The summed E-state index contributed by atoms with van der Waals surface area (Å²) in [5.74, 6) is -0.940. The molecule has 0 saturated carbocycles. The summed E-state index contributed by atoms with van der Waals surface area (Å²) in [4.78, 5) is 21.1. The summed E-state index contributed by atoms with van der Waals surface area (Å²) in [7, 11) is 0. The minimum Gasteiger partial charge on any atom is -0.410 e. The topological polar surface area (TPSA) is 66.7 Å². The van der Waals surface area contributed by atoms with Gasteiger partial charge in [-0.25, -0.2) is 0 Å². The van der Waals surface area contributed by atoms with Crippen molar-refractivity contribution in [2.75, 3.05) is 0 Å². The Morgan fingerprint density at radius 2 is 2.00 bits per heavy atom. The fourth-order valence-corrected chi connectivity index (χ4v) is 0.490. The van der Waals surface area contributed by atoms with Crippen LogP contribution >= 0.6 is 0 Å². The molecule has 56 valence electrons. The van der Waals surface area contributed by atoms with E-state index in [4.69, 9.17) is 5.21 Å². The number of hydrogen-bond acceptors (Lipinski definition) is 4. The summed E-state index contributed by atoms with van der Waals surface area (Å²) in [6.07, 6.45) is 0.180. The van der Waals surface area contributed by atoms with Crippen molar-refractivity contribution in [2.45, 2.75) is 20.3 Å². The second-order valence-corrected chi connectivity index (χ2v) is 1.78. The number of carbonyl (C=O) groups is 2. The van der Waals surface area contributed by atoms with Gasteiger partial charge in [0.15, 0.2) is 17.3 Å². The number of ketones is 2. The zero-order valence-electron chi connectivity index (χ0n) is 5.92. The molecule has 0 saturated heterocycles. The van der Waals surface area contributed by atoms with E-state index in [0.717, 1.165) is 0 Å². The van der Waals surface area contributed by atoms with Crippen LogP contribution in [-0.2, 0) is 9.59 Å². The molecule has 0 spiro atoms. The van der Waals surface area contributed by atoms with Crippen LogP contribution < -0.4 is 0 Å². The molecule has 1 N–H and O–H groups in total. The highest BCUT2D eigenvalue weighted by Gasteiger charge is 2.13. The largest absolute Gasteiger partial charge is 0.410 e. The Kier molecular flexibility index (Phi) is 3.32. The highest BCUT2D eigenvalue weighted by Crippen LogP contribution is 1.87. The Labute approximate surface area is 58.5 Å². The van der Waals surface area contributed by atoms with Crippen LogP contribution in [0.15, 0.2) is 5.16 Å². The Bertz CT molecular complexity index is 183. The number of oxime groups is 1. The van der Waals surface area contributed by atoms with Crippen LogP contribution in [0.1, 0.15) is 20.3 Å². The fourth-order valence-electron chi connectivity index (χ4n) is 0.490. The smallest absolute Gasteiger partial charge is 0.188 e. The first-order valence-corrected chi connectivity index (χ1v) is 2.89. The van der Waals surface area contributed by atoms with Crippen LogP contribution in [0.2, 0.25) is 0 Å². The van der Waals surface area contributed by atoms with E-state index >= 15 is 0 Å². The zero-order valence-corrected chi connectivity index (χ0v) is 5.92. The summed E-state index contributed by atoms with van der Waals surface area (Å²) in [6.45, 7) is 2.78. The first kappa shape index (κ1) is 8.81. The molecule has 0 amide bonds. The molecule has 0 unspecified atom stereocenters. The minimum atomic E-state index is -0.505. The van der Waals surface area contributed by atoms with Crippen molar-refractivity contribution in [1.29, 1.82) is 0 Å². The van der Waals surface area contributed by atoms with Crippen LogP contribution in [0.3, 0.4) is 0 Å². The van der Waals surface area contributed by atoms with Crippen LogP contribution in [0.5, 0.6) is 0 Å². The number of Topliss-reactive ketones (excluding diaryl/α,β-unsaturated/α-hetero) is 2. The Morgan fingerprint density at radius 1 is 1.50 bits per heavy atom. The molecule has 0 fully saturated rings. The third-order valence-electron chi connectivity index (χ3n) is 1.02.